The van der Waals surface area contributed by atoms with E-state index in [0.717, 1.165) is 11.3 Å². The number of hydrogen-bond donors (Lipinski definition) is 1. The second kappa shape index (κ2) is 10.9. The fraction of sp³-hybridized carbons (Fsp3) is 0.333. The highest BCUT2D eigenvalue weighted by molar-refractivity contribution is 6.32. The van der Waals surface area contributed by atoms with E-state index in [1.807, 2.05) is 6.92 Å². The molecule has 13 nitrogen and oxygen atoms in total. The number of unbranched alkanes of at least 4 members (excludes halogenated alkanes) is 1. The highest BCUT2D eigenvalue weighted by Crippen LogP contribution is 2.48. The molecule has 0 spiro atoms. The molecule has 3 heterocycles. The van der Waals surface area contributed by atoms with Gasteiger partial charge in [-0.25, -0.2) is 4.79 Å². The summed E-state index contributed by atoms with van der Waals surface area (Å²) in [7, 11) is 2.77. The van der Waals surface area contributed by atoms with Crippen molar-refractivity contribution < 1.29 is 52.4 Å². The number of carbonyl (C=O) groups is 5. The molecule has 1 aromatic heterocycles. The number of aromatic hydroxyl groups is 1. The van der Waals surface area contributed by atoms with Crippen LogP contribution >= 0.6 is 0 Å². The molecule has 0 radical (unpaired) electrons. The number of benzene rings is 3. The van der Waals surface area contributed by atoms with Gasteiger partial charge in [0.1, 0.15) is 23.5 Å². The Morgan fingerprint density at radius 2 is 1.67 bits per heavy atom. The Bertz CT molecular complexity index is 2270. The number of hydrogen-bond acceptors (Lipinski definition) is 12. The SMILES string of the molecule is CCCCC(=O)OCC1(C)C(=O)OC2(C)Cc3cc4ccc5c(c4c(O)c3C(=O)N21)C(=O)c1c(oc2cc(OC)c(OC)cc2c1=O)C5=O. The summed E-state index contributed by atoms with van der Waals surface area (Å²) in [5.41, 5.74) is -4.83. The molecule has 1 saturated heterocycles. The van der Waals surface area contributed by atoms with E-state index in [1.165, 1.54) is 45.4 Å². The Labute approximate surface area is 278 Å². The van der Waals surface area contributed by atoms with Gasteiger partial charge < -0.3 is 28.5 Å². The molecule has 3 aliphatic rings. The number of amides is 1. The van der Waals surface area contributed by atoms with Crippen LogP contribution < -0.4 is 14.9 Å². The fourth-order valence-corrected chi connectivity index (χ4v) is 7.19. The first kappa shape index (κ1) is 31.9. The predicted octanol–water partition coefficient (Wildman–Crippen LogP) is 4.21. The van der Waals surface area contributed by atoms with Gasteiger partial charge >= 0.3 is 11.9 Å². The highest BCUT2D eigenvalue weighted by atomic mass is 16.6. The van der Waals surface area contributed by atoms with Crippen LogP contribution in [0.5, 0.6) is 17.2 Å². The molecular weight excluding hydrogens is 638 g/mol. The smallest absolute Gasteiger partial charge is 0.337 e. The van der Waals surface area contributed by atoms with Crippen LogP contribution in [0.4, 0.5) is 0 Å². The summed E-state index contributed by atoms with van der Waals surface area (Å²) >= 11 is 0. The number of phenols is 1. The third kappa shape index (κ3) is 4.37. The molecule has 1 aliphatic carbocycles. The first-order valence-electron chi connectivity index (χ1n) is 15.7. The molecule has 1 amide bonds. The number of nitrogens with zero attached hydrogens (tertiary/aromatic N) is 1. The summed E-state index contributed by atoms with van der Waals surface area (Å²) in [6.45, 7) is 4.42. The summed E-state index contributed by atoms with van der Waals surface area (Å²) in [4.78, 5) is 83.0. The number of ether oxygens (including phenoxy) is 4. The molecule has 13 heteroatoms. The Morgan fingerprint density at radius 3 is 2.37 bits per heavy atom. The Kier molecular flexibility index (Phi) is 7.09. The molecule has 1 fully saturated rings. The average Bonchev–Trinajstić information content (AvgIpc) is 3.27. The second-order valence-corrected chi connectivity index (χ2v) is 12.8. The van der Waals surface area contributed by atoms with Crippen molar-refractivity contribution in [3.8, 4) is 17.2 Å². The number of phenolic OH excluding ortho intramolecular Hbond substituents is 1. The molecule has 2 unspecified atom stereocenters. The molecule has 4 aromatic rings. The minimum atomic E-state index is -1.72. The molecule has 49 heavy (non-hydrogen) atoms. The van der Waals surface area contributed by atoms with E-state index in [9.17, 15) is 33.9 Å². The van der Waals surface area contributed by atoms with E-state index < -0.39 is 69.8 Å². The largest absolute Gasteiger partial charge is 0.506 e. The zero-order valence-electron chi connectivity index (χ0n) is 27.3. The van der Waals surface area contributed by atoms with E-state index in [1.54, 1.807) is 13.0 Å². The molecular formula is C36H31NO12. The highest BCUT2D eigenvalue weighted by Gasteiger charge is 2.64. The summed E-state index contributed by atoms with van der Waals surface area (Å²) in [6, 6.07) is 7.21. The monoisotopic (exact) mass is 669 g/mol. The normalized spacial score (nSPS) is 20.9. The fourth-order valence-electron chi connectivity index (χ4n) is 7.19. The molecule has 2 aliphatic heterocycles. The molecule has 2 atom stereocenters. The van der Waals surface area contributed by atoms with Crippen molar-refractivity contribution in [2.45, 2.75) is 57.7 Å². The summed E-state index contributed by atoms with van der Waals surface area (Å²) in [5, 5.41) is 12.0. The van der Waals surface area contributed by atoms with Gasteiger partial charge in [0.25, 0.3) is 5.91 Å². The first-order valence-corrected chi connectivity index (χ1v) is 15.7. The number of rotatable bonds is 7. The Hall–Kier alpha value is -5.72. The van der Waals surface area contributed by atoms with E-state index in [-0.39, 0.29) is 57.4 Å². The Balaban J connectivity index is 1.38. The van der Waals surface area contributed by atoms with Crippen molar-refractivity contribution in [1.29, 1.82) is 0 Å². The molecule has 1 N–H and O–H groups in total. The Morgan fingerprint density at radius 1 is 0.959 bits per heavy atom. The van der Waals surface area contributed by atoms with Crippen molar-refractivity contribution in [2.75, 3.05) is 20.8 Å². The van der Waals surface area contributed by atoms with Crippen LogP contribution in [0, 0.1) is 0 Å². The lowest BCUT2D eigenvalue weighted by molar-refractivity contribution is -0.153. The third-order valence-corrected chi connectivity index (χ3v) is 9.57. The number of ketones is 2. The van der Waals surface area contributed by atoms with Crippen molar-refractivity contribution in [1.82, 2.24) is 4.90 Å². The molecule has 0 saturated carbocycles. The van der Waals surface area contributed by atoms with Crippen LogP contribution in [-0.2, 0) is 25.5 Å². The second-order valence-electron chi connectivity index (χ2n) is 12.8. The number of fused-ring (bicyclic) bond motifs is 7. The van der Waals surface area contributed by atoms with Gasteiger partial charge in [-0.1, -0.05) is 19.4 Å². The van der Waals surface area contributed by atoms with Gasteiger partial charge in [0.2, 0.25) is 17.0 Å². The van der Waals surface area contributed by atoms with Crippen molar-refractivity contribution in [3.63, 3.8) is 0 Å². The van der Waals surface area contributed by atoms with Crippen molar-refractivity contribution in [2.24, 2.45) is 0 Å². The topological polar surface area (TPSA) is 176 Å². The van der Waals surface area contributed by atoms with Crippen LogP contribution in [0.15, 0.2) is 39.5 Å². The summed E-state index contributed by atoms with van der Waals surface area (Å²) < 4.78 is 27.6. The molecule has 7 rings (SSSR count). The van der Waals surface area contributed by atoms with Gasteiger partial charge in [-0.05, 0) is 49.4 Å². The van der Waals surface area contributed by atoms with Crippen molar-refractivity contribution >= 4 is 51.2 Å². The van der Waals surface area contributed by atoms with Crippen molar-refractivity contribution in [3.05, 3.63) is 74.1 Å². The lowest BCUT2D eigenvalue weighted by Crippen LogP contribution is -2.61. The van der Waals surface area contributed by atoms with E-state index in [2.05, 4.69) is 0 Å². The van der Waals surface area contributed by atoms with Crippen LogP contribution in [0.1, 0.15) is 88.0 Å². The van der Waals surface area contributed by atoms with Crippen LogP contribution in [0.25, 0.3) is 21.7 Å². The van der Waals surface area contributed by atoms with Crippen LogP contribution in [-0.4, -0.2) is 71.5 Å². The van der Waals surface area contributed by atoms with E-state index >= 15 is 0 Å². The summed E-state index contributed by atoms with van der Waals surface area (Å²) in [5.74, 6) is -4.42. The molecule has 3 aromatic carbocycles. The van der Waals surface area contributed by atoms with Gasteiger partial charge in [0.15, 0.2) is 28.5 Å². The van der Waals surface area contributed by atoms with Gasteiger partial charge in [0, 0.05) is 35.4 Å². The van der Waals surface area contributed by atoms with Gasteiger partial charge in [-0.3, -0.25) is 28.9 Å². The van der Waals surface area contributed by atoms with E-state index in [0.29, 0.717) is 17.4 Å². The van der Waals surface area contributed by atoms with Gasteiger partial charge in [-0.2, -0.15) is 0 Å². The minimum Gasteiger partial charge on any atom is -0.506 e. The molecule has 0 bridgehead atoms. The average molecular weight is 670 g/mol. The van der Waals surface area contributed by atoms with E-state index in [4.69, 9.17) is 23.4 Å². The zero-order chi connectivity index (χ0) is 35.2. The maximum absolute atomic E-state index is 14.3. The number of carbonyl (C=O) groups excluding carboxylic acids is 5. The van der Waals surface area contributed by atoms with Crippen LogP contribution in [0.3, 0.4) is 0 Å². The quantitative estimate of drug-likeness (QED) is 0.245. The number of esters is 2. The lowest BCUT2D eigenvalue weighted by atomic mass is 9.80. The summed E-state index contributed by atoms with van der Waals surface area (Å²) in [6.07, 6.45) is 1.46. The molecule has 252 valence electrons. The van der Waals surface area contributed by atoms with Gasteiger partial charge in [-0.15, -0.1) is 0 Å². The number of methoxy groups -OCH3 is 2. The zero-order valence-corrected chi connectivity index (χ0v) is 27.3. The van der Waals surface area contributed by atoms with Crippen LogP contribution in [0.2, 0.25) is 0 Å². The lowest BCUT2D eigenvalue weighted by Gasteiger charge is -2.42. The minimum absolute atomic E-state index is 0.00109. The van der Waals surface area contributed by atoms with Gasteiger partial charge in [0.05, 0.1) is 25.2 Å². The maximum atomic E-state index is 14.3. The third-order valence-electron chi connectivity index (χ3n) is 9.57. The maximum Gasteiger partial charge on any atom is 0.337 e. The standard InChI is InChI=1S/C36H31NO12/c1-6-7-8-23(38)47-15-35(2)34(44)49-36(3)14-17-11-16-9-10-18-26(24(16)30(41)25(17)33(43)37(35)36)31(42)27-28(39)19-12-21(45-4)22(46-5)13-20(19)48-32(27)29(18)40/h9-13,41H,6-8,14-15H2,1-5H3. The first-order chi connectivity index (χ1) is 23.3. The predicted molar refractivity (Wildman–Crippen MR) is 171 cm³/mol.